The average Bonchev–Trinajstić information content (AvgIpc) is 3.09. The van der Waals surface area contributed by atoms with Crippen molar-refractivity contribution in [3.05, 3.63) is 65.9 Å². The smallest absolute Gasteiger partial charge is 0.254 e. The van der Waals surface area contributed by atoms with Crippen LogP contribution < -0.4 is 5.32 Å². The second-order valence-corrected chi connectivity index (χ2v) is 6.09. The van der Waals surface area contributed by atoms with Gasteiger partial charge < -0.3 is 10.2 Å². The Labute approximate surface area is 145 Å². The quantitative estimate of drug-likeness (QED) is 0.748. The maximum atomic E-state index is 12.8. The SMILES string of the molecule is CN(C)C(=O)[C@@H](Cc1ccccc1)NC(=O)c1cccc2cn[nH]c12. The molecule has 1 aromatic heterocycles. The number of carbonyl (C=O) groups excluding carboxylic acids is 2. The number of benzene rings is 2. The molecule has 0 aliphatic heterocycles. The van der Waals surface area contributed by atoms with Gasteiger partial charge in [-0.15, -0.1) is 0 Å². The van der Waals surface area contributed by atoms with Gasteiger partial charge in [0.15, 0.2) is 0 Å². The molecule has 3 rings (SSSR count). The van der Waals surface area contributed by atoms with Crippen LogP contribution in [0.1, 0.15) is 15.9 Å². The summed E-state index contributed by atoms with van der Waals surface area (Å²) in [4.78, 5) is 26.8. The lowest BCUT2D eigenvalue weighted by Crippen LogP contribution is -2.47. The molecular weight excluding hydrogens is 316 g/mol. The molecule has 0 aliphatic carbocycles. The molecule has 2 amide bonds. The number of fused-ring (bicyclic) bond motifs is 1. The molecule has 2 aromatic carbocycles. The summed E-state index contributed by atoms with van der Waals surface area (Å²) < 4.78 is 0. The van der Waals surface area contributed by atoms with E-state index < -0.39 is 6.04 Å². The number of hydrogen-bond donors (Lipinski definition) is 2. The molecule has 0 aliphatic rings. The minimum absolute atomic E-state index is 0.144. The molecule has 3 aromatic rings. The highest BCUT2D eigenvalue weighted by Crippen LogP contribution is 2.16. The second kappa shape index (κ2) is 7.17. The van der Waals surface area contributed by atoms with Crippen LogP contribution in [0.25, 0.3) is 10.9 Å². The van der Waals surface area contributed by atoms with Crippen LogP contribution in [0, 0.1) is 0 Å². The third-order valence-corrected chi connectivity index (χ3v) is 4.05. The van der Waals surface area contributed by atoms with E-state index in [2.05, 4.69) is 15.5 Å². The first-order valence-corrected chi connectivity index (χ1v) is 8.04. The summed E-state index contributed by atoms with van der Waals surface area (Å²) in [6, 6.07) is 14.4. The van der Waals surface area contributed by atoms with E-state index in [0.29, 0.717) is 17.5 Å². The highest BCUT2D eigenvalue weighted by molar-refractivity contribution is 6.06. The van der Waals surface area contributed by atoms with Gasteiger partial charge in [-0.25, -0.2) is 0 Å². The first kappa shape index (κ1) is 16.7. The van der Waals surface area contributed by atoms with E-state index in [1.54, 1.807) is 32.4 Å². The Morgan fingerprint density at radius 3 is 2.60 bits per heavy atom. The average molecular weight is 336 g/mol. The maximum Gasteiger partial charge on any atom is 0.254 e. The number of aromatic amines is 1. The Bertz CT molecular complexity index is 887. The van der Waals surface area contributed by atoms with Crippen molar-refractivity contribution in [1.82, 2.24) is 20.4 Å². The van der Waals surface area contributed by atoms with E-state index in [-0.39, 0.29) is 11.8 Å². The molecule has 6 nitrogen and oxygen atoms in total. The summed E-state index contributed by atoms with van der Waals surface area (Å²) in [6.07, 6.45) is 2.10. The van der Waals surface area contributed by atoms with Crippen molar-refractivity contribution in [2.45, 2.75) is 12.5 Å². The van der Waals surface area contributed by atoms with E-state index in [1.165, 1.54) is 4.90 Å². The summed E-state index contributed by atoms with van der Waals surface area (Å²) in [6.45, 7) is 0. The van der Waals surface area contributed by atoms with Crippen LogP contribution >= 0.6 is 0 Å². The van der Waals surface area contributed by atoms with Gasteiger partial charge in [0.05, 0.1) is 17.3 Å². The number of rotatable bonds is 5. The number of nitrogens with one attached hydrogen (secondary N) is 2. The Hall–Kier alpha value is -3.15. The molecule has 6 heteroatoms. The molecule has 1 heterocycles. The van der Waals surface area contributed by atoms with Gasteiger partial charge in [-0.1, -0.05) is 42.5 Å². The zero-order chi connectivity index (χ0) is 17.8. The van der Waals surface area contributed by atoms with Crippen LogP contribution in [0.15, 0.2) is 54.7 Å². The van der Waals surface area contributed by atoms with Gasteiger partial charge >= 0.3 is 0 Å². The van der Waals surface area contributed by atoms with Gasteiger partial charge in [-0.2, -0.15) is 5.10 Å². The monoisotopic (exact) mass is 336 g/mol. The topological polar surface area (TPSA) is 78.1 Å². The maximum absolute atomic E-state index is 12.8. The van der Waals surface area contributed by atoms with E-state index in [4.69, 9.17) is 0 Å². The number of H-pyrrole nitrogens is 1. The number of nitrogens with zero attached hydrogens (tertiary/aromatic N) is 2. The Balaban J connectivity index is 1.85. The van der Waals surface area contributed by atoms with E-state index in [0.717, 1.165) is 10.9 Å². The molecule has 25 heavy (non-hydrogen) atoms. The van der Waals surface area contributed by atoms with Gasteiger partial charge in [0.1, 0.15) is 6.04 Å². The third kappa shape index (κ3) is 3.68. The zero-order valence-electron chi connectivity index (χ0n) is 14.2. The van der Waals surface area contributed by atoms with Crippen molar-refractivity contribution in [1.29, 1.82) is 0 Å². The predicted molar refractivity (Wildman–Crippen MR) is 96.2 cm³/mol. The summed E-state index contributed by atoms with van der Waals surface area (Å²) in [7, 11) is 3.37. The summed E-state index contributed by atoms with van der Waals surface area (Å²) in [5.41, 5.74) is 2.12. The largest absolute Gasteiger partial charge is 0.347 e. The van der Waals surface area contributed by atoms with E-state index in [9.17, 15) is 9.59 Å². The molecule has 0 fully saturated rings. The lowest BCUT2D eigenvalue weighted by atomic mass is 10.0. The standard InChI is InChI=1S/C19H20N4O2/c1-23(2)19(25)16(11-13-7-4-3-5-8-13)21-18(24)15-10-6-9-14-12-20-22-17(14)15/h3-10,12,16H,11H2,1-2H3,(H,20,22)(H,21,24)/t16-/m1/s1. The van der Waals surface area contributed by atoms with Gasteiger partial charge in [0, 0.05) is 25.9 Å². The van der Waals surface area contributed by atoms with Crippen molar-refractivity contribution in [3.63, 3.8) is 0 Å². The fourth-order valence-electron chi connectivity index (χ4n) is 2.76. The van der Waals surface area contributed by atoms with Crippen molar-refractivity contribution < 1.29 is 9.59 Å². The fraction of sp³-hybridized carbons (Fsp3) is 0.211. The normalized spacial score (nSPS) is 11.9. The van der Waals surface area contributed by atoms with Gasteiger partial charge in [0.2, 0.25) is 5.91 Å². The van der Waals surface area contributed by atoms with Crippen LogP contribution in [0.5, 0.6) is 0 Å². The number of para-hydroxylation sites is 1. The molecule has 0 saturated heterocycles. The molecule has 0 unspecified atom stereocenters. The molecule has 2 N–H and O–H groups in total. The molecule has 1 atom stereocenters. The van der Waals surface area contributed by atoms with Gasteiger partial charge in [-0.3, -0.25) is 14.7 Å². The molecule has 0 spiro atoms. The van der Waals surface area contributed by atoms with Crippen LogP contribution in [-0.2, 0) is 11.2 Å². The Kier molecular flexibility index (Phi) is 4.79. The molecule has 128 valence electrons. The lowest BCUT2D eigenvalue weighted by molar-refractivity contribution is -0.130. The summed E-state index contributed by atoms with van der Waals surface area (Å²) in [5.74, 6) is -0.444. The minimum Gasteiger partial charge on any atom is -0.347 e. The summed E-state index contributed by atoms with van der Waals surface area (Å²) in [5, 5.41) is 10.5. The number of likely N-dealkylation sites (N-methyl/N-ethyl adjacent to an activating group) is 1. The molecule has 0 radical (unpaired) electrons. The lowest BCUT2D eigenvalue weighted by Gasteiger charge is -2.22. The first-order valence-electron chi connectivity index (χ1n) is 8.04. The highest BCUT2D eigenvalue weighted by Gasteiger charge is 2.24. The second-order valence-electron chi connectivity index (χ2n) is 6.09. The molecule has 0 saturated carbocycles. The van der Waals surface area contributed by atoms with Gasteiger partial charge in [0.25, 0.3) is 5.91 Å². The van der Waals surface area contributed by atoms with Crippen molar-refractivity contribution in [3.8, 4) is 0 Å². The first-order chi connectivity index (χ1) is 12.1. The zero-order valence-corrected chi connectivity index (χ0v) is 14.2. The van der Waals surface area contributed by atoms with E-state index in [1.807, 2.05) is 36.4 Å². The summed E-state index contributed by atoms with van der Waals surface area (Å²) >= 11 is 0. The predicted octanol–water partition coefficient (Wildman–Crippen LogP) is 1.99. The molecular formula is C19H20N4O2. The van der Waals surface area contributed by atoms with Crippen molar-refractivity contribution in [2.75, 3.05) is 14.1 Å². The minimum atomic E-state index is -0.636. The number of amides is 2. The van der Waals surface area contributed by atoms with Crippen molar-refractivity contribution in [2.24, 2.45) is 0 Å². The molecule has 0 bridgehead atoms. The van der Waals surface area contributed by atoms with Crippen LogP contribution in [-0.4, -0.2) is 47.0 Å². The number of aromatic nitrogens is 2. The third-order valence-electron chi connectivity index (χ3n) is 4.05. The fourth-order valence-corrected chi connectivity index (χ4v) is 2.76. The van der Waals surface area contributed by atoms with Crippen LogP contribution in [0.3, 0.4) is 0 Å². The Morgan fingerprint density at radius 2 is 1.88 bits per heavy atom. The number of carbonyl (C=O) groups is 2. The van der Waals surface area contributed by atoms with Gasteiger partial charge in [-0.05, 0) is 11.6 Å². The van der Waals surface area contributed by atoms with Crippen LogP contribution in [0.2, 0.25) is 0 Å². The van der Waals surface area contributed by atoms with Crippen molar-refractivity contribution >= 4 is 22.7 Å². The highest BCUT2D eigenvalue weighted by atomic mass is 16.2. The van der Waals surface area contributed by atoms with Crippen LogP contribution in [0.4, 0.5) is 0 Å². The van der Waals surface area contributed by atoms with E-state index >= 15 is 0 Å². The number of hydrogen-bond acceptors (Lipinski definition) is 3. The Morgan fingerprint density at radius 1 is 1.12 bits per heavy atom.